The summed E-state index contributed by atoms with van der Waals surface area (Å²) in [5, 5.41) is 17.8. The Kier molecular flexibility index (Phi) is 4.79. The Morgan fingerprint density at radius 1 is 1.35 bits per heavy atom. The Hall–Kier alpha value is -2.11. The molecule has 3 aromatic rings. The van der Waals surface area contributed by atoms with E-state index in [1.165, 1.54) is 11.3 Å². The Balaban J connectivity index is 1.66. The van der Waals surface area contributed by atoms with E-state index in [1.54, 1.807) is 0 Å². The van der Waals surface area contributed by atoms with Crippen molar-refractivity contribution in [2.45, 2.75) is 26.0 Å². The first-order valence-electron chi connectivity index (χ1n) is 7.72. The van der Waals surface area contributed by atoms with E-state index in [0.29, 0.717) is 6.42 Å². The van der Waals surface area contributed by atoms with Crippen LogP contribution < -0.4 is 5.32 Å². The van der Waals surface area contributed by atoms with Gasteiger partial charge in [0.25, 0.3) is 0 Å². The zero-order valence-electron chi connectivity index (χ0n) is 13.0. The monoisotopic (exact) mass is 328 g/mol. The molecule has 4 nitrogen and oxygen atoms in total. The van der Waals surface area contributed by atoms with E-state index in [2.05, 4.69) is 22.9 Å². The molecular weight excluding hydrogens is 308 g/mol. The molecule has 0 aliphatic rings. The van der Waals surface area contributed by atoms with Crippen molar-refractivity contribution in [3.63, 3.8) is 0 Å². The first kappa shape index (κ1) is 15.8. The van der Waals surface area contributed by atoms with Gasteiger partial charge in [-0.25, -0.2) is 0 Å². The van der Waals surface area contributed by atoms with Gasteiger partial charge in [0.05, 0.1) is 12.5 Å². The van der Waals surface area contributed by atoms with Crippen molar-refractivity contribution < 1.29 is 9.90 Å². The lowest BCUT2D eigenvalue weighted by Gasteiger charge is -2.10. The highest BCUT2D eigenvalue weighted by Crippen LogP contribution is 2.22. The van der Waals surface area contributed by atoms with Gasteiger partial charge in [-0.15, -0.1) is 0 Å². The molecule has 120 valence electrons. The van der Waals surface area contributed by atoms with E-state index in [0.717, 1.165) is 28.6 Å². The second-order valence-corrected chi connectivity index (χ2v) is 6.29. The Morgan fingerprint density at radius 2 is 2.17 bits per heavy atom. The molecule has 0 bridgehead atoms. The molecule has 2 aromatic heterocycles. The molecule has 0 saturated carbocycles. The van der Waals surface area contributed by atoms with Crippen LogP contribution in [-0.2, 0) is 17.8 Å². The predicted octanol–water partition coefficient (Wildman–Crippen LogP) is 3.12. The molecule has 0 spiro atoms. The second-order valence-electron chi connectivity index (χ2n) is 5.51. The van der Waals surface area contributed by atoms with Crippen LogP contribution in [0.15, 0.2) is 47.3 Å². The lowest BCUT2D eigenvalue weighted by Crippen LogP contribution is -2.29. The van der Waals surface area contributed by atoms with Crippen LogP contribution in [-0.4, -0.2) is 22.1 Å². The smallest absolute Gasteiger partial charge is 0.224 e. The molecule has 3 rings (SSSR count). The van der Waals surface area contributed by atoms with E-state index in [1.807, 2.05) is 41.2 Å². The van der Waals surface area contributed by atoms with Crippen molar-refractivity contribution in [1.82, 2.24) is 9.88 Å². The lowest BCUT2D eigenvalue weighted by atomic mass is 10.1. The molecule has 23 heavy (non-hydrogen) atoms. The van der Waals surface area contributed by atoms with Gasteiger partial charge in [0, 0.05) is 30.2 Å². The van der Waals surface area contributed by atoms with Crippen LogP contribution >= 0.6 is 11.3 Å². The topological polar surface area (TPSA) is 54.3 Å². The molecular formula is C18H20N2O2S. The van der Waals surface area contributed by atoms with E-state index in [9.17, 15) is 9.90 Å². The number of rotatable bonds is 6. The molecule has 1 unspecified atom stereocenters. The number of hydrogen-bond donors (Lipinski definition) is 2. The third kappa shape index (κ3) is 3.46. The quantitative estimate of drug-likeness (QED) is 0.730. The van der Waals surface area contributed by atoms with E-state index in [4.69, 9.17) is 0 Å². The second kappa shape index (κ2) is 6.98. The fourth-order valence-corrected chi connectivity index (χ4v) is 3.46. The first-order chi connectivity index (χ1) is 11.2. The Morgan fingerprint density at radius 3 is 2.91 bits per heavy atom. The molecule has 0 saturated heterocycles. The number of aromatic nitrogens is 1. The van der Waals surface area contributed by atoms with Crippen molar-refractivity contribution >= 4 is 28.1 Å². The largest absolute Gasteiger partial charge is 0.387 e. The molecule has 1 amide bonds. The normalized spacial score (nSPS) is 12.4. The van der Waals surface area contributed by atoms with Crippen molar-refractivity contribution in [2.24, 2.45) is 0 Å². The van der Waals surface area contributed by atoms with E-state index in [-0.39, 0.29) is 12.5 Å². The molecule has 2 N–H and O–H groups in total. The maximum atomic E-state index is 12.2. The number of carbonyl (C=O) groups is 1. The van der Waals surface area contributed by atoms with Crippen LogP contribution in [0, 0.1) is 0 Å². The third-order valence-electron chi connectivity index (χ3n) is 3.98. The van der Waals surface area contributed by atoms with Crippen LogP contribution in [0.1, 0.15) is 24.2 Å². The number of nitrogens with one attached hydrogen (secondary N) is 1. The number of nitrogens with zero attached hydrogens (tertiary/aromatic N) is 1. The zero-order chi connectivity index (χ0) is 16.2. The van der Waals surface area contributed by atoms with Crippen LogP contribution in [0.3, 0.4) is 0 Å². The number of aryl methyl sites for hydroxylation is 1. The summed E-state index contributed by atoms with van der Waals surface area (Å²) in [7, 11) is 0. The van der Waals surface area contributed by atoms with Crippen molar-refractivity contribution in [2.75, 3.05) is 6.54 Å². The minimum atomic E-state index is -0.651. The van der Waals surface area contributed by atoms with Crippen LogP contribution in [0.25, 0.3) is 10.9 Å². The maximum Gasteiger partial charge on any atom is 0.224 e. The van der Waals surface area contributed by atoms with Crippen molar-refractivity contribution in [3.8, 4) is 0 Å². The number of carbonyl (C=O) groups excluding carboxylic acids is 1. The van der Waals surface area contributed by atoms with E-state index >= 15 is 0 Å². The molecule has 0 radical (unpaired) electrons. The number of para-hydroxylation sites is 1. The highest BCUT2D eigenvalue weighted by atomic mass is 32.1. The number of aliphatic hydroxyl groups excluding tert-OH is 1. The minimum absolute atomic E-state index is 0.0710. The summed E-state index contributed by atoms with van der Waals surface area (Å²) in [6.45, 7) is 3.20. The maximum absolute atomic E-state index is 12.2. The Labute approximate surface area is 139 Å². The van der Waals surface area contributed by atoms with Gasteiger partial charge in [0.2, 0.25) is 5.91 Å². The molecule has 5 heteroatoms. The zero-order valence-corrected chi connectivity index (χ0v) is 13.8. The molecule has 1 atom stereocenters. The number of hydrogen-bond acceptors (Lipinski definition) is 3. The fraction of sp³-hybridized carbons (Fsp3) is 0.278. The third-order valence-corrected chi connectivity index (χ3v) is 4.68. The minimum Gasteiger partial charge on any atom is -0.387 e. The summed E-state index contributed by atoms with van der Waals surface area (Å²) in [5.41, 5.74) is 3.01. The number of benzene rings is 1. The van der Waals surface area contributed by atoms with Crippen molar-refractivity contribution in [1.29, 1.82) is 0 Å². The van der Waals surface area contributed by atoms with Gasteiger partial charge in [-0.2, -0.15) is 11.3 Å². The van der Waals surface area contributed by atoms with Crippen LogP contribution in [0.2, 0.25) is 0 Å². The van der Waals surface area contributed by atoms with Crippen molar-refractivity contribution in [3.05, 3.63) is 58.4 Å². The van der Waals surface area contributed by atoms with Gasteiger partial charge >= 0.3 is 0 Å². The summed E-state index contributed by atoms with van der Waals surface area (Å²) in [6.07, 6.45) is 1.71. The lowest BCUT2D eigenvalue weighted by molar-refractivity contribution is -0.120. The summed E-state index contributed by atoms with van der Waals surface area (Å²) >= 11 is 1.54. The molecule has 1 aromatic carbocycles. The first-order valence-corrected chi connectivity index (χ1v) is 8.67. The average Bonchev–Trinajstić information content (AvgIpc) is 3.21. The van der Waals surface area contributed by atoms with Gasteiger partial charge in [-0.05, 0) is 40.9 Å². The summed E-state index contributed by atoms with van der Waals surface area (Å²) in [6, 6.07) is 9.99. The van der Waals surface area contributed by atoms with Gasteiger partial charge < -0.3 is 15.0 Å². The number of thiophene rings is 1. The highest BCUT2D eigenvalue weighted by Gasteiger charge is 2.13. The SMILES string of the molecule is CCn1cc(CC(=O)NCC(O)c2ccsc2)c2ccccc21. The average molecular weight is 328 g/mol. The molecule has 0 aliphatic carbocycles. The predicted molar refractivity (Wildman–Crippen MR) is 93.6 cm³/mol. The molecule has 0 aliphatic heterocycles. The molecule has 2 heterocycles. The van der Waals surface area contributed by atoms with Gasteiger partial charge in [0.15, 0.2) is 0 Å². The summed E-state index contributed by atoms with van der Waals surface area (Å²) < 4.78 is 2.15. The van der Waals surface area contributed by atoms with Gasteiger partial charge in [0.1, 0.15) is 0 Å². The van der Waals surface area contributed by atoms with Crippen LogP contribution in [0.5, 0.6) is 0 Å². The van der Waals surface area contributed by atoms with Crippen LogP contribution in [0.4, 0.5) is 0 Å². The number of fused-ring (bicyclic) bond motifs is 1. The van der Waals surface area contributed by atoms with E-state index < -0.39 is 6.10 Å². The Bertz CT molecular complexity index is 793. The van der Waals surface area contributed by atoms with Gasteiger partial charge in [-0.3, -0.25) is 4.79 Å². The molecule has 0 fully saturated rings. The number of amides is 1. The summed E-state index contributed by atoms with van der Waals surface area (Å²) in [5.74, 6) is -0.0710. The fourth-order valence-electron chi connectivity index (χ4n) is 2.75. The summed E-state index contributed by atoms with van der Waals surface area (Å²) in [4.78, 5) is 12.2. The standard InChI is InChI=1S/C18H20N2O2S/c1-2-20-11-14(15-5-3-4-6-16(15)20)9-18(22)19-10-17(21)13-7-8-23-12-13/h3-8,11-12,17,21H,2,9-10H2,1H3,(H,19,22). The highest BCUT2D eigenvalue weighted by molar-refractivity contribution is 7.07. The van der Waals surface area contributed by atoms with Gasteiger partial charge in [-0.1, -0.05) is 18.2 Å². The number of aliphatic hydroxyl groups is 1.